The number of rotatable bonds is 11. The monoisotopic (exact) mass is 537 g/mol. The van der Waals surface area contributed by atoms with E-state index in [9.17, 15) is 4.79 Å². The van der Waals surface area contributed by atoms with Crippen molar-refractivity contribution in [2.45, 2.75) is 71.6 Å². The standard InChI is InChI=1S/C36H45N2O2/c1-5-37(6-2)30-20-16-28(17-21-30)18-23-33-36(4,26-34(39)40-7-3)35-31-15-11-10-14-29(31)19-22-32(35)38(33)25-24-27-12-8-9-13-27/h10-11,14-23,27H,5-9,12-13,24-26H2,1-4H3/q+1. The van der Waals surface area contributed by atoms with Crippen molar-refractivity contribution in [3.63, 3.8) is 0 Å². The summed E-state index contributed by atoms with van der Waals surface area (Å²) in [5.74, 6) is 0.648. The summed E-state index contributed by atoms with van der Waals surface area (Å²) in [7, 11) is 0. The Balaban J connectivity index is 1.60. The van der Waals surface area contributed by atoms with E-state index in [2.05, 4.69) is 103 Å². The van der Waals surface area contributed by atoms with Gasteiger partial charge in [-0.1, -0.05) is 62.1 Å². The molecule has 0 radical (unpaired) electrons. The smallest absolute Gasteiger partial charge is 0.307 e. The minimum absolute atomic E-state index is 0.143. The second-order valence-corrected chi connectivity index (χ2v) is 11.6. The van der Waals surface area contributed by atoms with Gasteiger partial charge in [-0.2, -0.15) is 4.58 Å². The molecule has 0 N–H and O–H groups in total. The fourth-order valence-electron chi connectivity index (χ4n) is 6.99. The highest BCUT2D eigenvalue weighted by Gasteiger charge is 2.50. The first-order valence-electron chi connectivity index (χ1n) is 15.3. The van der Waals surface area contributed by atoms with Gasteiger partial charge < -0.3 is 9.64 Å². The van der Waals surface area contributed by atoms with Gasteiger partial charge in [0.25, 0.3) is 0 Å². The third-order valence-corrected chi connectivity index (χ3v) is 9.10. The Labute approximate surface area is 240 Å². The molecule has 0 saturated heterocycles. The predicted octanol–water partition coefficient (Wildman–Crippen LogP) is 8.29. The number of carbonyl (C=O) groups excluding carboxylic acids is 1. The topological polar surface area (TPSA) is 32.5 Å². The molecule has 4 heteroatoms. The van der Waals surface area contributed by atoms with E-state index in [-0.39, 0.29) is 5.97 Å². The van der Waals surface area contributed by atoms with E-state index in [1.54, 1.807) is 0 Å². The molecule has 1 aliphatic heterocycles. The van der Waals surface area contributed by atoms with Gasteiger partial charge in [-0.15, -0.1) is 0 Å². The number of carbonyl (C=O) groups is 1. The summed E-state index contributed by atoms with van der Waals surface area (Å²) in [6.07, 6.45) is 11.4. The lowest BCUT2D eigenvalue weighted by Crippen LogP contribution is -2.35. The summed E-state index contributed by atoms with van der Waals surface area (Å²) in [5, 5.41) is 2.44. The lowest BCUT2D eigenvalue weighted by molar-refractivity contribution is -0.439. The third-order valence-electron chi connectivity index (χ3n) is 9.10. The van der Waals surface area contributed by atoms with Crippen LogP contribution in [0.5, 0.6) is 0 Å². The summed E-state index contributed by atoms with van der Waals surface area (Å²) < 4.78 is 8.05. The predicted molar refractivity (Wildman–Crippen MR) is 168 cm³/mol. The van der Waals surface area contributed by atoms with Gasteiger partial charge in [-0.05, 0) is 74.2 Å². The van der Waals surface area contributed by atoms with Crippen LogP contribution >= 0.6 is 0 Å². The minimum atomic E-state index is -0.490. The van der Waals surface area contributed by atoms with Gasteiger partial charge in [-0.25, -0.2) is 0 Å². The van der Waals surface area contributed by atoms with Crippen molar-refractivity contribution in [1.82, 2.24) is 0 Å². The van der Waals surface area contributed by atoms with Crippen molar-refractivity contribution < 1.29 is 14.1 Å². The van der Waals surface area contributed by atoms with Crippen LogP contribution in [0.3, 0.4) is 0 Å². The molecule has 4 nitrogen and oxygen atoms in total. The van der Waals surface area contributed by atoms with Gasteiger partial charge in [0, 0.05) is 42.9 Å². The molecule has 0 spiro atoms. The van der Waals surface area contributed by atoms with Crippen LogP contribution in [-0.4, -0.2) is 42.5 Å². The molecule has 3 aromatic carbocycles. The van der Waals surface area contributed by atoms with Crippen LogP contribution in [-0.2, 0) is 14.9 Å². The molecule has 1 saturated carbocycles. The van der Waals surface area contributed by atoms with Crippen molar-refractivity contribution in [3.05, 3.63) is 77.9 Å². The minimum Gasteiger partial charge on any atom is -0.466 e. The lowest BCUT2D eigenvalue weighted by atomic mass is 9.74. The Morgan fingerprint density at radius 2 is 1.70 bits per heavy atom. The van der Waals surface area contributed by atoms with Gasteiger partial charge >= 0.3 is 5.97 Å². The summed E-state index contributed by atoms with van der Waals surface area (Å²) in [4.78, 5) is 15.5. The van der Waals surface area contributed by atoms with E-state index < -0.39 is 5.41 Å². The van der Waals surface area contributed by atoms with Crippen LogP contribution in [0.4, 0.5) is 11.4 Å². The Morgan fingerprint density at radius 1 is 0.975 bits per heavy atom. The largest absolute Gasteiger partial charge is 0.466 e. The molecular formula is C36H45N2O2+. The zero-order valence-corrected chi connectivity index (χ0v) is 24.8. The number of nitrogens with zero attached hydrogens (tertiary/aromatic N) is 2. The van der Waals surface area contributed by atoms with Crippen molar-refractivity contribution in [2.75, 3.05) is 31.1 Å². The van der Waals surface area contributed by atoms with Crippen molar-refractivity contribution in [3.8, 4) is 0 Å². The highest BCUT2D eigenvalue weighted by Crippen LogP contribution is 2.47. The Morgan fingerprint density at radius 3 is 2.40 bits per heavy atom. The summed E-state index contributed by atoms with van der Waals surface area (Å²) in [6.45, 7) is 11.9. The van der Waals surface area contributed by atoms with Crippen molar-refractivity contribution >= 4 is 39.9 Å². The van der Waals surface area contributed by atoms with Crippen LogP contribution in [0.2, 0.25) is 0 Å². The maximum atomic E-state index is 13.1. The lowest BCUT2D eigenvalue weighted by Gasteiger charge is -2.23. The van der Waals surface area contributed by atoms with Crippen molar-refractivity contribution in [1.29, 1.82) is 0 Å². The first-order chi connectivity index (χ1) is 19.5. The number of anilines is 1. The second kappa shape index (κ2) is 12.4. The van der Waals surface area contributed by atoms with E-state index >= 15 is 0 Å². The number of esters is 1. The normalized spacial score (nSPS) is 19.1. The molecule has 1 fully saturated rings. The Bertz CT molecular complexity index is 1390. The van der Waals surface area contributed by atoms with Crippen LogP contribution in [0.25, 0.3) is 16.8 Å². The van der Waals surface area contributed by atoms with Gasteiger partial charge in [0.2, 0.25) is 5.69 Å². The average Bonchev–Trinajstić information content (AvgIpc) is 3.56. The number of allylic oxidation sites excluding steroid dienone is 1. The molecule has 0 bridgehead atoms. The van der Waals surface area contributed by atoms with Gasteiger partial charge in [0.1, 0.15) is 6.54 Å². The molecular weight excluding hydrogens is 492 g/mol. The molecule has 0 amide bonds. The number of fused-ring (bicyclic) bond motifs is 3. The van der Waals surface area contributed by atoms with Crippen LogP contribution in [0.15, 0.2) is 66.7 Å². The number of hydrogen-bond donors (Lipinski definition) is 0. The molecule has 40 heavy (non-hydrogen) atoms. The van der Waals surface area contributed by atoms with Gasteiger partial charge in [0.05, 0.1) is 18.4 Å². The molecule has 1 unspecified atom stereocenters. The first kappa shape index (κ1) is 28.1. The van der Waals surface area contributed by atoms with Crippen molar-refractivity contribution in [2.24, 2.45) is 5.92 Å². The Kier molecular flexibility index (Phi) is 8.73. The van der Waals surface area contributed by atoms with Crippen LogP contribution in [0, 0.1) is 5.92 Å². The zero-order chi connectivity index (χ0) is 28.1. The maximum absolute atomic E-state index is 13.1. The quantitative estimate of drug-likeness (QED) is 0.182. The summed E-state index contributed by atoms with van der Waals surface area (Å²) in [6, 6.07) is 21.9. The molecule has 210 valence electrons. The number of benzene rings is 3. The van der Waals surface area contributed by atoms with E-state index in [1.165, 1.54) is 71.1 Å². The van der Waals surface area contributed by atoms with Gasteiger partial charge in [-0.3, -0.25) is 4.79 Å². The molecule has 1 heterocycles. The average molecular weight is 538 g/mol. The molecule has 1 aliphatic carbocycles. The Hall–Kier alpha value is -3.40. The van der Waals surface area contributed by atoms with E-state index in [4.69, 9.17) is 4.74 Å². The fourth-order valence-corrected chi connectivity index (χ4v) is 6.99. The van der Waals surface area contributed by atoms with Crippen LogP contribution in [0.1, 0.15) is 77.3 Å². The van der Waals surface area contributed by atoms with E-state index in [1.807, 2.05) is 6.92 Å². The molecule has 3 aromatic rings. The summed E-state index contributed by atoms with van der Waals surface area (Å²) >= 11 is 0. The highest BCUT2D eigenvalue weighted by molar-refractivity contribution is 6.11. The molecule has 5 rings (SSSR count). The van der Waals surface area contributed by atoms with Gasteiger partial charge in [0.15, 0.2) is 5.71 Å². The van der Waals surface area contributed by atoms with Crippen LogP contribution < -0.4 is 4.90 Å². The second-order valence-electron chi connectivity index (χ2n) is 11.6. The number of ether oxygens (including phenoxy) is 1. The molecule has 1 atom stereocenters. The third kappa shape index (κ3) is 5.59. The fraction of sp³-hybridized carbons (Fsp3) is 0.444. The maximum Gasteiger partial charge on any atom is 0.307 e. The molecule has 0 aromatic heterocycles. The van der Waals surface area contributed by atoms with E-state index in [0.717, 1.165) is 25.6 Å². The number of hydrogen-bond acceptors (Lipinski definition) is 3. The SMILES string of the molecule is CCOC(=O)CC1(C)C(C=Cc2ccc(N(CC)CC)cc2)=[N+](CCC2CCCC2)c2ccc3ccccc3c21. The zero-order valence-electron chi connectivity index (χ0n) is 24.8. The first-order valence-corrected chi connectivity index (χ1v) is 15.3. The summed E-state index contributed by atoms with van der Waals surface area (Å²) in [5.41, 5.74) is 5.60. The molecule has 2 aliphatic rings. The van der Waals surface area contributed by atoms with E-state index in [0.29, 0.717) is 13.0 Å². The highest BCUT2D eigenvalue weighted by atomic mass is 16.5.